The van der Waals surface area contributed by atoms with Crippen molar-refractivity contribution in [2.24, 2.45) is 23.2 Å². The lowest BCUT2D eigenvalue weighted by Gasteiger charge is -2.56. The highest BCUT2D eigenvalue weighted by Gasteiger charge is 2.50. The molecule has 5 fully saturated rings. The van der Waals surface area contributed by atoms with Crippen molar-refractivity contribution in [2.45, 2.75) is 76.4 Å². The van der Waals surface area contributed by atoms with Crippen LogP contribution in [-0.2, 0) is 4.74 Å². The van der Waals surface area contributed by atoms with Gasteiger partial charge in [0.1, 0.15) is 0 Å². The van der Waals surface area contributed by atoms with Crippen molar-refractivity contribution in [3.8, 4) is 0 Å². The van der Waals surface area contributed by atoms with Gasteiger partial charge in [-0.2, -0.15) is 0 Å². The molecule has 3 nitrogen and oxygen atoms in total. The lowest BCUT2D eigenvalue weighted by atomic mass is 9.50. The second-order valence-electron chi connectivity index (χ2n) is 8.98. The van der Waals surface area contributed by atoms with E-state index in [2.05, 4.69) is 5.32 Å². The highest BCUT2D eigenvalue weighted by atomic mass is 35.5. The Hall–Kier alpha value is 0.170. The number of halogens is 1. The van der Waals surface area contributed by atoms with Gasteiger partial charge < -0.3 is 15.2 Å². The summed E-state index contributed by atoms with van der Waals surface area (Å²) in [6.45, 7) is 2.12. The van der Waals surface area contributed by atoms with Gasteiger partial charge in [0.05, 0.1) is 19.3 Å². The maximum absolute atomic E-state index is 10.1. The minimum Gasteiger partial charge on any atom is -0.389 e. The fraction of sp³-hybridized carbons (Fsp3) is 1.00. The first-order valence-electron chi connectivity index (χ1n) is 9.70. The molecule has 0 amide bonds. The Balaban J connectivity index is 0.00000156. The normalized spacial score (nSPS) is 40.3. The lowest BCUT2D eigenvalue weighted by Crippen LogP contribution is -2.48. The third kappa shape index (κ3) is 4.23. The molecule has 2 N–H and O–H groups in total. The first kappa shape index (κ1) is 18.0. The molecule has 5 saturated carbocycles. The zero-order valence-electron chi connectivity index (χ0n) is 14.3. The first-order chi connectivity index (χ1) is 10.7. The van der Waals surface area contributed by atoms with Gasteiger partial charge in [0.25, 0.3) is 0 Å². The number of aliphatic hydroxyl groups excluding tert-OH is 1. The lowest BCUT2D eigenvalue weighted by molar-refractivity contribution is -0.105. The SMILES string of the molecule is Cl.OC(CNC1CCCC1)COCC12CC3CC(CC(C3)C1)C2. The molecule has 0 heterocycles. The van der Waals surface area contributed by atoms with E-state index in [0.29, 0.717) is 24.6 Å². The molecule has 0 spiro atoms. The summed E-state index contributed by atoms with van der Waals surface area (Å²) in [6.07, 6.45) is 13.6. The Morgan fingerprint density at radius 3 is 2.13 bits per heavy atom. The van der Waals surface area contributed by atoms with Gasteiger partial charge in [-0.15, -0.1) is 12.4 Å². The number of hydrogen-bond acceptors (Lipinski definition) is 3. The van der Waals surface area contributed by atoms with Crippen LogP contribution in [0.4, 0.5) is 0 Å². The molecule has 4 heteroatoms. The van der Waals surface area contributed by atoms with Gasteiger partial charge in [0, 0.05) is 12.6 Å². The van der Waals surface area contributed by atoms with Crippen LogP contribution < -0.4 is 5.32 Å². The summed E-state index contributed by atoms with van der Waals surface area (Å²) in [6, 6.07) is 0.637. The molecule has 5 aliphatic carbocycles. The zero-order chi connectivity index (χ0) is 15.0. The van der Waals surface area contributed by atoms with E-state index in [1.807, 2.05) is 0 Å². The Morgan fingerprint density at radius 2 is 1.57 bits per heavy atom. The Morgan fingerprint density at radius 1 is 1.00 bits per heavy atom. The summed E-state index contributed by atoms with van der Waals surface area (Å²) in [5, 5.41) is 13.6. The number of ether oxygens (including phenoxy) is 1. The van der Waals surface area contributed by atoms with E-state index in [1.54, 1.807) is 0 Å². The van der Waals surface area contributed by atoms with E-state index in [1.165, 1.54) is 64.2 Å². The molecule has 0 radical (unpaired) electrons. The Labute approximate surface area is 147 Å². The molecule has 134 valence electrons. The highest BCUT2D eigenvalue weighted by molar-refractivity contribution is 5.85. The van der Waals surface area contributed by atoms with Crippen LogP contribution in [0.25, 0.3) is 0 Å². The third-order valence-electron chi connectivity index (χ3n) is 6.88. The van der Waals surface area contributed by atoms with Crippen LogP contribution >= 0.6 is 12.4 Å². The topological polar surface area (TPSA) is 41.5 Å². The molecule has 1 atom stereocenters. The average Bonchev–Trinajstić information content (AvgIpc) is 2.96. The van der Waals surface area contributed by atoms with Crippen LogP contribution in [0.15, 0.2) is 0 Å². The summed E-state index contributed by atoms with van der Waals surface area (Å²) in [5.41, 5.74) is 0.480. The van der Waals surface area contributed by atoms with Crippen molar-refractivity contribution >= 4 is 12.4 Å². The summed E-state index contributed by atoms with van der Waals surface area (Å²) >= 11 is 0. The second kappa shape index (κ2) is 7.59. The third-order valence-corrected chi connectivity index (χ3v) is 6.88. The summed E-state index contributed by atoms with van der Waals surface area (Å²) in [7, 11) is 0. The van der Waals surface area contributed by atoms with Gasteiger partial charge in [0.2, 0.25) is 0 Å². The minimum atomic E-state index is -0.338. The molecule has 5 rings (SSSR count). The van der Waals surface area contributed by atoms with Crippen LogP contribution in [0.3, 0.4) is 0 Å². The average molecular weight is 344 g/mol. The van der Waals surface area contributed by atoms with Crippen LogP contribution in [-0.4, -0.2) is 37.0 Å². The van der Waals surface area contributed by atoms with Crippen LogP contribution in [0.1, 0.15) is 64.2 Å². The zero-order valence-corrected chi connectivity index (χ0v) is 15.2. The van der Waals surface area contributed by atoms with E-state index < -0.39 is 0 Å². The van der Waals surface area contributed by atoms with Crippen molar-refractivity contribution in [2.75, 3.05) is 19.8 Å². The van der Waals surface area contributed by atoms with Crippen molar-refractivity contribution < 1.29 is 9.84 Å². The molecule has 0 aromatic carbocycles. The van der Waals surface area contributed by atoms with Crippen LogP contribution in [0, 0.1) is 23.2 Å². The number of rotatable bonds is 7. The highest BCUT2D eigenvalue weighted by Crippen LogP contribution is 2.60. The number of hydrogen-bond donors (Lipinski definition) is 2. The van der Waals surface area contributed by atoms with Gasteiger partial charge in [-0.25, -0.2) is 0 Å². The second-order valence-corrected chi connectivity index (χ2v) is 8.98. The predicted molar refractivity (Wildman–Crippen MR) is 94.9 cm³/mol. The largest absolute Gasteiger partial charge is 0.389 e. The smallest absolute Gasteiger partial charge is 0.0897 e. The molecule has 0 aromatic heterocycles. The van der Waals surface area contributed by atoms with Crippen molar-refractivity contribution in [1.82, 2.24) is 5.32 Å². The maximum atomic E-state index is 10.1. The molecule has 23 heavy (non-hydrogen) atoms. The van der Waals surface area contributed by atoms with Crippen LogP contribution in [0.5, 0.6) is 0 Å². The molecule has 0 saturated heterocycles. The molecule has 4 bridgehead atoms. The van der Waals surface area contributed by atoms with E-state index in [0.717, 1.165) is 24.4 Å². The Kier molecular flexibility index (Phi) is 5.94. The predicted octanol–water partition coefficient (Wildman–Crippen LogP) is 3.53. The monoisotopic (exact) mass is 343 g/mol. The summed E-state index contributed by atoms with van der Waals surface area (Å²) in [4.78, 5) is 0. The van der Waals surface area contributed by atoms with Gasteiger partial charge in [-0.1, -0.05) is 12.8 Å². The summed E-state index contributed by atoms with van der Waals surface area (Å²) < 4.78 is 6.01. The molecular weight excluding hydrogens is 310 g/mol. The maximum Gasteiger partial charge on any atom is 0.0897 e. The Bertz CT molecular complexity index is 348. The van der Waals surface area contributed by atoms with E-state index in [9.17, 15) is 5.11 Å². The van der Waals surface area contributed by atoms with Gasteiger partial charge in [-0.3, -0.25) is 0 Å². The van der Waals surface area contributed by atoms with E-state index in [-0.39, 0.29) is 18.5 Å². The quantitative estimate of drug-likeness (QED) is 0.743. The fourth-order valence-corrected chi connectivity index (χ4v) is 6.37. The van der Waals surface area contributed by atoms with Crippen molar-refractivity contribution in [3.05, 3.63) is 0 Å². The van der Waals surface area contributed by atoms with Crippen molar-refractivity contribution in [1.29, 1.82) is 0 Å². The molecular formula is C19H34ClNO2. The minimum absolute atomic E-state index is 0. The van der Waals surface area contributed by atoms with Crippen LogP contribution in [0.2, 0.25) is 0 Å². The summed E-state index contributed by atoms with van der Waals surface area (Å²) in [5.74, 6) is 2.97. The molecule has 0 aromatic rings. The number of aliphatic hydroxyl groups is 1. The molecule has 0 aliphatic heterocycles. The first-order valence-corrected chi connectivity index (χ1v) is 9.70. The molecule has 5 aliphatic rings. The molecule has 1 unspecified atom stereocenters. The number of nitrogens with one attached hydrogen (secondary N) is 1. The van der Waals surface area contributed by atoms with Gasteiger partial charge in [-0.05, 0) is 74.5 Å². The van der Waals surface area contributed by atoms with E-state index >= 15 is 0 Å². The van der Waals surface area contributed by atoms with Crippen molar-refractivity contribution in [3.63, 3.8) is 0 Å². The standard InChI is InChI=1S/C19H33NO2.ClH/c21-18(11-20-17-3-1-2-4-17)12-22-13-19-8-14-5-15(9-19)7-16(6-14)10-19;/h14-18,20-21H,1-13H2;1H. The van der Waals surface area contributed by atoms with E-state index in [4.69, 9.17) is 4.74 Å². The fourth-order valence-electron chi connectivity index (χ4n) is 6.37. The van der Waals surface area contributed by atoms with Gasteiger partial charge in [0.15, 0.2) is 0 Å². The van der Waals surface area contributed by atoms with Gasteiger partial charge >= 0.3 is 0 Å².